The number of hydrogen-bond acceptors (Lipinski definition) is 3. The normalized spacial score (nSPS) is 13.9. The SMILES string of the molecule is Cc1ccc(C)n1-c1ccc(C(=O)NCc2nnc3n2CCCCC3)cc1. The summed E-state index contributed by atoms with van der Waals surface area (Å²) in [7, 11) is 0. The van der Waals surface area contributed by atoms with Crippen LogP contribution in [0, 0.1) is 13.8 Å². The summed E-state index contributed by atoms with van der Waals surface area (Å²) >= 11 is 0. The molecule has 3 aromatic rings. The summed E-state index contributed by atoms with van der Waals surface area (Å²) in [4.78, 5) is 12.5. The lowest BCUT2D eigenvalue weighted by Gasteiger charge is -2.11. The molecule has 2 aromatic heterocycles. The zero-order valence-electron chi connectivity index (χ0n) is 15.9. The van der Waals surface area contributed by atoms with E-state index in [0.29, 0.717) is 12.1 Å². The molecule has 140 valence electrons. The van der Waals surface area contributed by atoms with Crippen LogP contribution >= 0.6 is 0 Å². The van der Waals surface area contributed by atoms with Crippen LogP contribution in [0.25, 0.3) is 5.69 Å². The lowest BCUT2D eigenvalue weighted by molar-refractivity contribution is 0.0949. The van der Waals surface area contributed by atoms with Crippen LogP contribution in [0.5, 0.6) is 0 Å². The first-order valence-corrected chi connectivity index (χ1v) is 9.58. The molecule has 1 aliphatic heterocycles. The van der Waals surface area contributed by atoms with E-state index in [-0.39, 0.29) is 5.91 Å². The molecule has 6 heteroatoms. The van der Waals surface area contributed by atoms with Crippen molar-refractivity contribution in [1.29, 1.82) is 0 Å². The second-order valence-electron chi connectivity index (χ2n) is 7.18. The number of aromatic nitrogens is 4. The zero-order chi connectivity index (χ0) is 18.8. The van der Waals surface area contributed by atoms with Gasteiger partial charge in [-0.1, -0.05) is 6.42 Å². The lowest BCUT2D eigenvalue weighted by atomic mass is 10.2. The number of aryl methyl sites for hydroxylation is 3. The van der Waals surface area contributed by atoms with Crippen LogP contribution in [-0.4, -0.2) is 25.2 Å². The highest BCUT2D eigenvalue weighted by Crippen LogP contribution is 2.17. The van der Waals surface area contributed by atoms with E-state index in [9.17, 15) is 4.79 Å². The summed E-state index contributed by atoms with van der Waals surface area (Å²) in [5, 5.41) is 11.5. The van der Waals surface area contributed by atoms with E-state index in [0.717, 1.165) is 43.1 Å². The highest BCUT2D eigenvalue weighted by Gasteiger charge is 2.15. The summed E-state index contributed by atoms with van der Waals surface area (Å²) in [6.45, 7) is 5.51. The Balaban J connectivity index is 1.44. The van der Waals surface area contributed by atoms with E-state index >= 15 is 0 Å². The van der Waals surface area contributed by atoms with Crippen molar-refractivity contribution in [2.24, 2.45) is 0 Å². The maximum absolute atomic E-state index is 12.5. The van der Waals surface area contributed by atoms with Crippen molar-refractivity contribution in [1.82, 2.24) is 24.6 Å². The fraction of sp³-hybridized carbons (Fsp3) is 0.381. The van der Waals surface area contributed by atoms with Gasteiger partial charge in [0.2, 0.25) is 0 Å². The van der Waals surface area contributed by atoms with Crippen LogP contribution in [0.3, 0.4) is 0 Å². The van der Waals surface area contributed by atoms with E-state index in [1.54, 1.807) is 0 Å². The van der Waals surface area contributed by atoms with Gasteiger partial charge in [0.1, 0.15) is 5.82 Å². The summed E-state index contributed by atoms with van der Waals surface area (Å²) in [6.07, 6.45) is 4.51. The van der Waals surface area contributed by atoms with Crippen molar-refractivity contribution in [3.63, 3.8) is 0 Å². The molecule has 0 radical (unpaired) electrons. The molecule has 6 nitrogen and oxygen atoms in total. The molecule has 3 heterocycles. The summed E-state index contributed by atoms with van der Waals surface area (Å²) in [6, 6.07) is 11.9. The molecule has 0 bridgehead atoms. The minimum atomic E-state index is -0.0894. The Morgan fingerprint density at radius 3 is 2.48 bits per heavy atom. The summed E-state index contributed by atoms with van der Waals surface area (Å²) in [5.41, 5.74) is 4.07. The first kappa shape index (κ1) is 17.5. The lowest BCUT2D eigenvalue weighted by Crippen LogP contribution is -2.25. The predicted molar refractivity (Wildman–Crippen MR) is 104 cm³/mol. The van der Waals surface area contributed by atoms with E-state index in [1.165, 1.54) is 17.8 Å². The molecular weight excluding hydrogens is 338 g/mol. The molecule has 1 N–H and O–H groups in total. The molecule has 1 aliphatic rings. The van der Waals surface area contributed by atoms with Gasteiger partial charge in [0.25, 0.3) is 5.91 Å². The van der Waals surface area contributed by atoms with Crippen LogP contribution in [-0.2, 0) is 19.5 Å². The molecule has 0 aliphatic carbocycles. The fourth-order valence-electron chi connectivity index (χ4n) is 3.78. The number of carbonyl (C=O) groups is 1. The Morgan fingerprint density at radius 1 is 1.00 bits per heavy atom. The molecule has 0 saturated heterocycles. The average molecular weight is 363 g/mol. The van der Waals surface area contributed by atoms with Gasteiger partial charge in [-0.15, -0.1) is 10.2 Å². The Morgan fingerprint density at radius 2 is 1.74 bits per heavy atom. The molecular formula is C21H25N5O. The van der Waals surface area contributed by atoms with Crippen LogP contribution in [0.4, 0.5) is 0 Å². The Bertz CT molecular complexity index is 932. The number of hydrogen-bond donors (Lipinski definition) is 1. The van der Waals surface area contributed by atoms with Gasteiger partial charge in [-0.05, 0) is 63.1 Å². The van der Waals surface area contributed by atoms with Gasteiger partial charge in [0.15, 0.2) is 5.82 Å². The molecule has 0 atom stereocenters. The van der Waals surface area contributed by atoms with E-state index < -0.39 is 0 Å². The second kappa shape index (κ2) is 7.39. The van der Waals surface area contributed by atoms with Gasteiger partial charge in [0, 0.05) is 35.6 Å². The average Bonchev–Trinajstić information content (AvgIpc) is 3.12. The maximum atomic E-state index is 12.5. The Labute approximate surface area is 159 Å². The molecule has 0 fully saturated rings. The highest BCUT2D eigenvalue weighted by molar-refractivity contribution is 5.94. The first-order chi connectivity index (χ1) is 13.1. The van der Waals surface area contributed by atoms with Crippen LogP contribution in [0.15, 0.2) is 36.4 Å². The zero-order valence-corrected chi connectivity index (χ0v) is 15.9. The number of nitrogens with one attached hydrogen (secondary N) is 1. The third-order valence-corrected chi connectivity index (χ3v) is 5.25. The smallest absolute Gasteiger partial charge is 0.251 e. The van der Waals surface area contributed by atoms with Gasteiger partial charge in [-0.2, -0.15) is 0 Å². The Kier molecular flexibility index (Phi) is 4.79. The van der Waals surface area contributed by atoms with Gasteiger partial charge >= 0.3 is 0 Å². The number of fused-ring (bicyclic) bond motifs is 1. The van der Waals surface area contributed by atoms with Gasteiger partial charge in [-0.25, -0.2) is 0 Å². The number of benzene rings is 1. The van der Waals surface area contributed by atoms with Crippen LogP contribution < -0.4 is 5.32 Å². The third kappa shape index (κ3) is 3.52. The molecule has 0 unspecified atom stereocenters. The van der Waals surface area contributed by atoms with Crippen molar-refractivity contribution in [3.05, 3.63) is 65.0 Å². The first-order valence-electron chi connectivity index (χ1n) is 9.58. The van der Waals surface area contributed by atoms with Gasteiger partial charge in [-0.3, -0.25) is 4.79 Å². The maximum Gasteiger partial charge on any atom is 0.251 e. The highest BCUT2D eigenvalue weighted by atomic mass is 16.1. The van der Waals surface area contributed by atoms with E-state index in [4.69, 9.17) is 0 Å². The predicted octanol–water partition coefficient (Wildman–Crippen LogP) is 3.34. The molecule has 1 aromatic carbocycles. The van der Waals surface area contributed by atoms with Gasteiger partial charge < -0.3 is 14.5 Å². The number of nitrogens with zero attached hydrogens (tertiary/aromatic N) is 4. The van der Waals surface area contributed by atoms with Crippen molar-refractivity contribution < 1.29 is 4.79 Å². The van der Waals surface area contributed by atoms with Crippen LogP contribution in [0.2, 0.25) is 0 Å². The number of amides is 1. The molecule has 27 heavy (non-hydrogen) atoms. The largest absolute Gasteiger partial charge is 0.345 e. The fourth-order valence-corrected chi connectivity index (χ4v) is 3.78. The molecule has 0 saturated carbocycles. The van der Waals surface area contributed by atoms with Crippen molar-refractivity contribution >= 4 is 5.91 Å². The summed E-state index contributed by atoms with van der Waals surface area (Å²) in [5.74, 6) is 1.79. The number of carbonyl (C=O) groups excluding carboxylic acids is 1. The minimum Gasteiger partial charge on any atom is -0.345 e. The Hall–Kier alpha value is -2.89. The summed E-state index contributed by atoms with van der Waals surface area (Å²) < 4.78 is 4.33. The van der Waals surface area contributed by atoms with Crippen molar-refractivity contribution in [2.45, 2.75) is 52.6 Å². The number of rotatable bonds is 4. The molecule has 1 amide bonds. The van der Waals surface area contributed by atoms with E-state index in [2.05, 4.69) is 50.6 Å². The topological polar surface area (TPSA) is 64.7 Å². The molecule has 4 rings (SSSR count). The molecule has 0 spiro atoms. The second-order valence-corrected chi connectivity index (χ2v) is 7.18. The van der Waals surface area contributed by atoms with Crippen molar-refractivity contribution in [3.8, 4) is 5.69 Å². The minimum absolute atomic E-state index is 0.0894. The standard InChI is InChI=1S/C21H25N5O/c1-15-7-8-16(2)26(15)18-11-9-17(10-12-18)21(27)22-14-20-24-23-19-6-4-3-5-13-25(19)20/h7-12H,3-6,13-14H2,1-2H3,(H,22,27). The quantitative estimate of drug-likeness (QED) is 0.773. The van der Waals surface area contributed by atoms with E-state index in [1.807, 2.05) is 24.3 Å². The van der Waals surface area contributed by atoms with Crippen LogP contribution in [0.1, 0.15) is 52.7 Å². The monoisotopic (exact) mass is 363 g/mol. The third-order valence-electron chi connectivity index (χ3n) is 5.25. The van der Waals surface area contributed by atoms with Gasteiger partial charge in [0.05, 0.1) is 6.54 Å². The van der Waals surface area contributed by atoms with Crippen molar-refractivity contribution in [2.75, 3.05) is 0 Å².